The van der Waals surface area contributed by atoms with Crippen LogP contribution < -0.4 is 0 Å². The van der Waals surface area contributed by atoms with Crippen LogP contribution in [0.2, 0.25) is 5.02 Å². The number of hydrogen-bond donors (Lipinski definition) is 0. The molecule has 0 aliphatic rings. The monoisotopic (exact) mass is 245 g/mol. The van der Waals surface area contributed by atoms with E-state index in [-0.39, 0.29) is 10.9 Å². The normalized spacial score (nSPS) is 10.6. The highest BCUT2D eigenvalue weighted by Crippen LogP contribution is 2.32. The van der Waals surface area contributed by atoms with Crippen molar-refractivity contribution < 1.29 is 8.81 Å². The molecular weight excluding hydrogens is 240 g/mol. The predicted molar refractivity (Wildman–Crippen MR) is 56.5 cm³/mol. The van der Waals surface area contributed by atoms with Crippen LogP contribution in [-0.2, 0) is 5.88 Å². The molecule has 2 rings (SSSR count). The average molecular weight is 246 g/mol. The molecule has 5 heteroatoms. The molecule has 0 amide bonds. The summed E-state index contributed by atoms with van der Waals surface area (Å²) in [6.07, 6.45) is 1.26. The summed E-state index contributed by atoms with van der Waals surface area (Å²) in [4.78, 5) is 3.90. The van der Waals surface area contributed by atoms with Gasteiger partial charge in [-0.2, -0.15) is 0 Å². The summed E-state index contributed by atoms with van der Waals surface area (Å²) in [6, 6.07) is 4.49. The molecule has 1 heterocycles. The quantitative estimate of drug-likeness (QED) is 0.751. The fraction of sp³-hybridized carbons (Fsp3) is 0.100. The molecule has 0 aliphatic heterocycles. The molecule has 0 aliphatic carbocycles. The van der Waals surface area contributed by atoms with Gasteiger partial charge in [-0.3, -0.25) is 0 Å². The molecule has 1 aromatic carbocycles. The van der Waals surface area contributed by atoms with Crippen molar-refractivity contribution in [3.8, 4) is 11.3 Å². The fourth-order valence-corrected chi connectivity index (χ4v) is 1.66. The molecule has 0 spiro atoms. The van der Waals surface area contributed by atoms with Crippen molar-refractivity contribution in [1.29, 1.82) is 0 Å². The number of aromatic nitrogens is 1. The number of hydrogen-bond acceptors (Lipinski definition) is 2. The maximum atomic E-state index is 13.2. The van der Waals surface area contributed by atoms with E-state index in [1.807, 2.05) is 0 Å². The maximum absolute atomic E-state index is 13.2. The van der Waals surface area contributed by atoms with Crippen LogP contribution >= 0.6 is 23.2 Å². The minimum Gasteiger partial charge on any atom is -0.443 e. The van der Waals surface area contributed by atoms with E-state index in [1.54, 1.807) is 12.1 Å². The summed E-state index contributed by atoms with van der Waals surface area (Å²) in [5.74, 6) is 0.110. The Labute approximate surface area is 95.6 Å². The molecule has 0 unspecified atom stereocenters. The highest BCUT2D eigenvalue weighted by molar-refractivity contribution is 6.33. The van der Waals surface area contributed by atoms with Crippen LogP contribution in [0.3, 0.4) is 0 Å². The smallest absolute Gasteiger partial charge is 0.181 e. The van der Waals surface area contributed by atoms with Gasteiger partial charge >= 0.3 is 0 Å². The van der Waals surface area contributed by atoms with Gasteiger partial charge in [-0.25, -0.2) is 9.37 Å². The van der Waals surface area contributed by atoms with E-state index >= 15 is 0 Å². The van der Waals surface area contributed by atoms with Crippen LogP contribution in [0, 0.1) is 5.82 Å². The molecular formula is C10H6Cl2FNO. The van der Waals surface area contributed by atoms with E-state index in [9.17, 15) is 4.39 Å². The molecule has 78 valence electrons. The van der Waals surface area contributed by atoms with Gasteiger partial charge in [-0.05, 0) is 12.1 Å². The third-order valence-electron chi connectivity index (χ3n) is 1.96. The minimum absolute atomic E-state index is 0.0145. The molecule has 0 radical (unpaired) electrons. The Kier molecular flexibility index (Phi) is 2.93. The van der Waals surface area contributed by atoms with Gasteiger partial charge in [0.1, 0.15) is 11.5 Å². The third-order valence-corrected chi connectivity index (χ3v) is 2.60. The second kappa shape index (κ2) is 4.21. The van der Waals surface area contributed by atoms with Gasteiger partial charge in [0.25, 0.3) is 0 Å². The van der Waals surface area contributed by atoms with Gasteiger partial charge < -0.3 is 4.42 Å². The van der Waals surface area contributed by atoms with Crippen molar-refractivity contribution in [3.05, 3.63) is 41.1 Å². The molecule has 1 aromatic heterocycles. The molecule has 0 saturated heterocycles. The largest absolute Gasteiger partial charge is 0.443 e. The van der Waals surface area contributed by atoms with Crippen LogP contribution in [0.5, 0.6) is 0 Å². The van der Waals surface area contributed by atoms with Crippen molar-refractivity contribution in [2.24, 2.45) is 0 Å². The molecule has 2 nitrogen and oxygen atoms in total. The van der Waals surface area contributed by atoms with Gasteiger partial charge in [0.15, 0.2) is 12.2 Å². The van der Waals surface area contributed by atoms with Gasteiger partial charge in [0.05, 0.1) is 10.9 Å². The van der Waals surface area contributed by atoms with E-state index in [1.165, 1.54) is 12.5 Å². The Bertz CT molecular complexity index is 484. The molecule has 15 heavy (non-hydrogen) atoms. The zero-order chi connectivity index (χ0) is 10.8. The number of halogens is 3. The van der Waals surface area contributed by atoms with E-state index in [0.29, 0.717) is 17.0 Å². The zero-order valence-corrected chi connectivity index (χ0v) is 9.02. The number of alkyl halides is 1. The summed E-state index contributed by atoms with van der Waals surface area (Å²) in [6.45, 7) is 0. The van der Waals surface area contributed by atoms with Crippen LogP contribution in [-0.4, -0.2) is 4.98 Å². The van der Waals surface area contributed by atoms with Crippen molar-refractivity contribution >= 4 is 23.2 Å². The summed E-state index contributed by atoms with van der Waals surface area (Å²) in [5, 5.41) is 0.0145. The van der Waals surface area contributed by atoms with Crippen LogP contribution in [0.1, 0.15) is 5.69 Å². The highest BCUT2D eigenvalue weighted by Gasteiger charge is 2.15. The average Bonchev–Trinajstić information content (AvgIpc) is 2.70. The first-order valence-electron chi connectivity index (χ1n) is 4.16. The third kappa shape index (κ3) is 1.85. The van der Waals surface area contributed by atoms with Crippen LogP contribution in [0.15, 0.2) is 29.0 Å². The van der Waals surface area contributed by atoms with E-state index in [0.717, 1.165) is 0 Å². The lowest BCUT2D eigenvalue weighted by atomic mass is 10.1. The molecule has 0 N–H and O–H groups in total. The topological polar surface area (TPSA) is 26.0 Å². The Balaban J connectivity index is 2.59. The van der Waals surface area contributed by atoms with Gasteiger partial charge in [0, 0.05) is 5.56 Å². The SMILES string of the molecule is Fc1cccc(-c2ocnc2CCl)c1Cl. The van der Waals surface area contributed by atoms with E-state index < -0.39 is 5.82 Å². The molecule has 2 aromatic rings. The number of benzene rings is 1. The van der Waals surface area contributed by atoms with Crippen LogP contribution in [0.4, 0.5) is 4.39 Å². The van der Waals surface area contributed by atoms with Gasteiger partial charge in [0.2, 0.25) is 0 Å². The molecule has 0 atom stereocenters. The Hall–Kier alpha value is -1.06. The standard InChI is InChI=1S/C10H6Cl2FNO/c11-4-8-10(15-5-14-8)6-2-1-3-7(13)9(6)12/h1-3,5H,4H2. The first-order chi connectivity index (χ1) is 7.24. The fourth-order valence-electron chi connectivity index (χ4n) is 1.26. The van der Waals surface area contributed by atoms with Gasteiger partial charge in [-0.1, -0.05) is 17.7 Å². The van der Waals surface area contributed by atoms with Crippen molar-refractivity contribution in [2.75, 3.05) is 0 Å². The highest BCUT2D eigenvalue weighted by atomic mass is 35.5. The number of rotatable bonds is 2. The zero-order valence-electron chi connectivity index (χ0n) is 7.51. The van der Waals surface area contributed by atoms with Crippen molar-refractivity contribution in [2.45, 2.75) is 5.88 Å². The summed E-state index contributed by atoms with van der Waals surface area (Å²) in [5.41, 5.74) is 1.01. The summed E-state index contributed by atoms with van der Waals surface area (Å²) < 4.78 is 18.3. The number of nitrogens with zero attached hydrogens (tertiary/aromatic N) is 1. The van der Waals surface area contributed by atoms with Crippen molar-refractivity contribution in [3.63, 3.8) is 0 Å². The molecule has 0 bridgehead atoms. The lowest BCUT2D eigenvalue weighted by Crippen LogP contribution is -1.86. The van der Waals surface area contributed by atoms with Gasteiger partial charge in [-0.15, -0.1) is 11.6 Å². The first-order valence-corrected chi connectivity index (χ1v) is 5.08. The Morgan fingerprint density at radius 2 is 2.20 bits per heavy atom. The lowest BCUT2D eigenvalue weighted by Gasteiger charge is -2.02. The Morgan fingerprint density at radius 1 is 1.40 bits per heavy atom. The van der Waals surface area contributed by atoms with E-state index in [2.05, 4.69) is 4.98 Å². The second-order valence-corrected chi connectivity index (χ2v) is 3.51. The minimum atomic E-state index is -0.494. The summed E-state index contributed by atoms with van der Waals surface area (Å²) >= 11 is 11.5. The summed E-state index contributed by atoms with van der Waals surface area (Å²) in [7, 11) is 0. The Morgan fingerprint density at radius 3 is 2.93 bits per heavy atom. The number of oxazole rings is 1. The lowest BCUT2D eigenvalue weighted by molar-refractivity contribution is 0.569. The van der Waals surface area contributed by atoms with Crippen molar-refractivity contribution in [1.82, 2.24) is 4.98 Å². The maximum Gasteiger partial charge on any atom is 0.181 e. The molecule has 0 saturated carbocycles. The predicted octanol–water partition coefficient (Wildman–Crippen LogP) is 3.87. The molecule has 0 fully saturated rings. The van der Waals surface area contributed by atoms with Crippen LogP contribution in [0.25, 0.3) is 11.3 Å². The van der Waals surface area contributed by atoms with E-state index in [4.69, 9.17) is 27.6 Å². The second-order valence-electron chi connectivity index (χ2n) is 2.86. The first kappa shape index (κ1) is 10.5.